The smallest absolute Gasteiger partial charge is 0.326 e. The zero-order chi connectivity index (χ0) is 55.4. The van der Waals surface area contributed by atoms with E-state index in [1.165, 1.54) is 17.4 Å². The first-order valence-electron chi connectivity index (χ1n) is 24.9. The highest BCUT2D eigenvalue weighted by Crippen LogP contribution is 2.21. The van der Waals surface area contributed by atoms with E-state index in [4.69, 9.17) is 28.7 Å². The molecule has 2 heterocycles. The van der Waals surface area contributed by atoms with Crippen molar-refractivity contribution < 1.29 is 48.3 Å². The van der Waals surface area contributed by atoms with Crippen LogP contribution >= 0.6 is 0 Å². The molecule has 0 saturated carbocycles. The molecule has 2 aromatic carbocycles. The summed E-state index contributed by atoms with van der Waals surface area (Å²) in [4.78, 5) is 135. The van der Waals surface area contributed by atoms with Crippen LogP contribution in [0.15, 0.2) is 72.1 Å². The van der Waals surface area contributed by atoms with Crippen molar-refractivity contribution in [2.75, 3.05) is 18.8 Å². The summed E-state index contributed by atoms with van der Waals surface area (Å²) in [6.45, 7) is 7.04. The number of nitrogens with one attached hydrogen (secondary N) is 7. The lowest BCUT2D eigenvalue weighted by atomic mass is 9.96. The Balaban J connectivity index is 1.59. The van der Waals surface area contributed by atoms with Gasteiger partial charge in [-0.25, -0.2) is 9.78 Å². The molecule has 75 heavy (non-hydrogen) atoms. The number of carbonyl (C=O) groups excluding carboxylic acids is 8. The third kappa shape index (κ3) is 18.7. The van der Waals surface area contributed by atoms with Crippen molar-refractivity contribution in [2.45, 2.75) is 134 Å². The second-order valence-electron chi connectivity index (χ2n) is 19.0. The van der Waals surface area contributed by atoms with Crippen LogP contribution in [0.25, 0.3) is 0 Å². The number of hydrogen-bond acceptors (Lipinski definition) is 13. The second-order valence-corrected chi connectivity index (χ2v) is 19.0. The summed E-state index contributed by atoms with van der Waals surface area (Å²) in [6.07, 6.45) is 3.38. The molecule has 25 heteroatoms. The summed E-state index contributed by atoms with van der Waals surface area (Å²) in [5, 5.41) is 26.1. The monoisotopic (exact) mass is 1040 g/mol. The van der Waals surface area contributed by atoms with E-state index in [2.05, 4.69) is 46.9 Å². The normalized spacial score (nSPS) is 16.3. The fraction of sp³-hybridized carbons (Fsp3) is 0.500. The molecule has 1 aliphatic rings. The number of rotatable bonds is 29. The molecular weight excluding hydrogens is 971 g/mol. The fourth-order valence-electron chi connectivity index (χ4n) is 8.36. The van der Waals surface area contributed by atoms with Crippen LogP contribution in [0.1, 0.15) is 83.0 Å². The summed E-state index contributed by atoms with van der Waals surface area (Å²) in [5.74, 6) is -8.71. The maximum atomic E-state index is 14.6. The second kappa shape index (κ2) is 29.0. The molecule has 1 aliphatic heterocycles. The first-order valence-corrected chi connectivity index (χ1v) is 24.9. The minimum Gasteiger partial charge on any atom is -0.480 e. The number of aromatic amines is 1. The number of nitrogen functional groups attached to an aromatic ring is 1. The van der Waals surface area contributed by atoms with E-state index in [0.717, 1.165) is 0 Å². The van der Waals surface area contributed by atoms with Crippen LogP contribution in [0.4, 0.5) is 5.69 Å². The van der Waals surface area contributed by atoms with Gasteiger partial charge in [0.1, 0.15) is 42.3 Å². The minimum atomic E-state index is -1.38. The first kappa shape index (κ1) is 59.5. The lowest BCUT2D eigenvalue weighted by Crippen LogP contribution is -2.62. The van der Waals surface area contributed by atoms with Crippen LogP contribution in [-0.4, -0.2) is 141 Å². The number of guanidine groups is 1. The van der Waals surface area contributed by atoms with Gasteiger partial charge in [-0.1, -0.05) is 76.6 Å². The molecule has 25 nitrogen and oxygen atoms in total. The molecule has 0 radical (unpaired) electrons. The molecule has 0 aliphatic carbocycles. The molecule has 0 spiro atoms. The molecule has 0 bridgehead atoms. The SMILES string of the molecule is CC[C@H](C)[C@H](NC(=O)[C@H](Cc1ccc(N)cc1)NC(=O)[C@@H](NC(=O)[C@H](CCCN=C(N)N)NC(=O)[C@@H](N)CC(N)=O)C(C)C)C(=O)N[C@@H](Cc1cnc[nH]1)C(=O)N1CCC[C@H]1C(=O)N[C@@H](Cc1ccccc1)C(=O)O. The number of carbonyl (C=O) groups is 9. The zero-order valence-electron chi connectivity index (χ0n) is 42.8. The van der Waals surface area contributed by atoms with E-state index in [1.54, 1.807) is 82.3 Å². The number of carboxylic acids is 1. The van der Waals surface area contributed by atoms with Crippen molar-refractivity contribution in [3.63, 3.8) is 0 Å². The van der Waals surface area contributed by atoms with Crippen LogP contribution in [0.5, 0.6) is 0 Å². The summed E-state index contributed by atoms with van der Waals surface area (Å²) >= 11 is 0. The highest BCUT2D eigenvalue weighted by Gasteiger charge is 2.41. The quantitative estimate of drug-likeness (QED) is 0.0154. The van der Waals surface area contributed by atoms with E-state index in [9.17, 15) is 48.3 Å². The molecule has 1 saturated heterocycles. The van der Waals surface area contributed by atoms with Crippen molar-refractivity contribution in [1.82, 2.24) is 46.8 Å². The maximum Gasteiger partial charge on any atom is 0.326 e. The molecular formula is C50H73N15O10. The van der Waals surface area contributed by atoms with E-state index in [1.807, 2.05) is 0 Å². The number of imidazole rings is 1. The van der Waals surface area contributed by atoms with Crippen LogP contribution < -0.4 is 60.6 Å². The average molecular weight is 1040 g/mol. The standard InChI is InChI=1S/C50H73N15O10/c1-5-28(4)41(47(72)61-36(23-32-25-56-26-58-32)48(73)65-20-10-14-38(65)45(70)62-37(49(74)75)22-29-11-7-6-8-12-29)64-44(69)35(21-30-15-17-31(51)18-16-30)60-46(71)40(27(2)3)63-43(68)34(13-9-19-57-50(54)55)59-42(67)33(52)24-39(53)66/h6-8,11-12,15-18,25-28,33-38,40-41H,5,9-10,13-14,19-24,51-52H2,1-4H3,(H2,53,66)(H,56,58)(H,59,67)(H,60,71)(H,61,72)(H,62,70)(H,63,68)(H,64,69)(H,74,75)(H4,54,55,57)/t28-,33-,34-,35-,36-,37-,38-,40-,41-/m0/s1. The van der Waals surface area contributed by atoms with Crippen molar-refractivity contribution >= 4 is 64.9 Å². The Hall–Kier alpha value is -8.09. The van der Waals surface area contributed by atoms with Crippen LogP contribution in [-0.2, 0) is 62.4 Å². The zero-order valence-corrected chi connectivity index (χ0v) is 42.8. The van der Waals surface area contributed by atoms with Crippen LogP contribution in [0.3, 0.4) is 0 Å². The number of hydrogen-bond donors (Lipinski definition) is 13. The lowest BCUT2D eigenvalue weighted by Gasteiger charge is -2.32. The summed E-state index contributed by atoms with van der Waals surface area (Å²) in [7, 11) is 0. The molecule has 408 valence electrons. The molecule has 18 N–H and O–H groups in total. The van der Waals surface area contributed by atoms with Gasteiger partial charge in [0.2, 0.25) is 47.3 Å². The number of benzene rings is 2. The van der Waals surface area contributed by atoms with Gasteiger partial charge >= 0.3 is 5.97 Å². The van der Waals surface area contributed by atoms with E-state index >= 15 is 0 Å². The van der Waals surface area contributed by atoms with Gasteiger partial charge in [-0.05, 0) is 60.8 Å². The van der Waals surface area contributed by atoms with Crippen molar-refractivity contribution in [1.29, 1.82) is 0 Å². The molecule has 9 atom stereocenters. The summed E-state index contributed by atoms with van der Waals surface area (Å²) in [5.41, 5.74) is 30.1. The number of aliphatic carboxylic acids is 1. The third-order valence-electron chi connectivity index (χ3n) is 12.8. The Bertz CT molecular complexity index is 2450. The molecule has 1 fully saturated rings. The lowest BCUT2D eigenvalue weighted by molar-refractivity contribution is -0.145. The van der Waals surface area contributed by atoms with Crippen LogP contribution in [0.2, 0.25) is 0 Å². The number of carboxylic acid groups (broad SMARTS) is 1. The number of primary amides is 1. The Morgan fingerprint density at radius 2 is 1.35 bits per heavy atom. The first-order chi connectivity index (χ1) is 35.6. The Kier molecular flexibility index (Phi) is 23.0. The number of aromatic nitrogens is 2. The molecule has 4 rings (SSSR count). The fourth-order valence-corrected chi connectivity index (χ4v) is 8.36. The van der Waals surface area contributed by atoms with Crippen molar-refractivity contribution in [2.24, 2.45) is 39.8 Å². The highest BCUT2D eigenvalue weighted by molar-refractivity contribution is 5.98. The van der Waals surface area contributed by atoms with Gasteiger partial charge in [0.05, 0.1) is 18.8 Å². The summed E-state index contributed by atoms with van der Waals surface area (Å²) < 4.78 is 0. The largest absolute Gasteiger partial charge is 0.480 e. The van der Waals surface area contributed by atoms with Gasteiger partial charge < -0.3 is 75.6 Å². The average Bonchev–Trinajstić information content (AvgIpc) is 4.08. The van der Waals surface area contributed by atoms with Gasteiger partial charge in [-0.3, -0.25) is 43.3 Å². The van der Waals surface area contributed by atoms with Gasteiger partial charge in [0, 0.05) is 49.9 Å². The number of amides is 8. The number of nitrogens with zero attached hydrogens (tertiary/aromatic N) is 3. The predicted octanol–water partition coefficient (Wildman–Crippen LogP) is -2.04. The Morgan fingerprint density at radius 1 is 0.747 bits per heavy atom. The van der Waals surface area contributed by atoms with E-state index in [-0.39, 0.29) is 57.6 Å². The van der Waals surface area contributed by atoms with Gasteiger partial charge in [-0.15, -0.1) is 0 Å². The Labute approximate surface area is 435 Å². The highest BCUT2D eigenvalue weighted by atomic mass is 16.4. The third-order valence-corrected chi connectivity index (χ3v) is 12.8. The molecule has 8 amide bonds. The number of anilines is 1. The van der Waals surface area contributed by atoms with Crippen molar-refractivity contribution in [3.8, 4) is 0 Å². The van der Waals surface area contributed by atoms with Gasteiger partial charge in [0.15, 0.2) is 5.96 Å². The van der Waals surface area contributed by atoms with Gasteiger partial charge in [-0.2, -0.15) is 0 Å². The molecule has 3 aromatic rings. The predicted molar refractivity (Wildman–Crippen MR) is 277 cm³/mol. The molecule has 0 unspecified atom stereocenters. The number of nitrogens with two attached hydrogens (primary N) is 5. The van der Waals surface area contributed by atoms with Gasteiger partial charge in [0.25, 0.3) is 0 Å². The molecule has 1 aromatic heterocycles. The van der Waals surface area contributed by atoms with E-state index in [0.29, 0.717) is 35.3 Å². The number of aliphatic imine (C=N–C) groups is 1. The number of likely N-dealkylation sites (tertiary alicyclic amines) is 1. The summed E-state index contributed by atoms with van der Waals surface area (Å²) in [6, 6.07) is 5.05. The topological polar surface area (TPSA) is 420 Å². The Morgan fingerprint density at radius 3 is 1.95 bits per heavy atom. The minimum absolute atomic E-state index is 0.00585. The van der Waals surface area contributed by atoms with Crippen molar-refractivity contribution in [3.05, 3.63) is 83.9 Å². The van der Waals surface area contributed by atoms with Crippen LogP contribution in [0, 0.1) is 11.8 Å². The number of H-pyrrole nitrogens is 1. The van der Waals surface area contributed by atoms with E-state index < -0.39 is 120 Å². The maximum absolute atomic E-state index is 14.6.